The first-order valence-electron chi connectivity index (χ1n) is 11.3. The zero-order valence-electron chi connectivity index (χ0n) is 18.5. The molecule has 3 heterocycles. The van der Waals surface area contributed by atoms with E-state index in [1.54, 1.807) is 0 Å². The van der Waals surface area contributed by atoms with Gasteiger partial charge in [0, 0.05) is 23.4 Å². The largest absolute Gasteiger partial charge is 0.390 e. The molecule has 160 valence electrons. The SMILES string of the molecule is CCc1nn2c(C)cc(C)nc2c1Cc1ccc(CCCC2(O)CCNCC2)cc1. The van der Waals surface area contributed by atoms with Gasteiger partial charge in [0.2, 0.25) is 0 Å². The van der Waals surface area contributed by atoms with Crippen LogP contribution < -0.4 is 5.32 Å². The van der Waals surface area contributed by atoms with E-state index >= 15 is 0 Å². The zero-order valence-corrected chi connectivity index (χ0v) is 18.5. The van der Waals surface area contributed by atoms with Gasteiger partial charge in [-0.2, -0.15) is 5.10 Å². The Morgan fingerprint density at radius 2 is 1.80 bits per heavy atom. The van der Waals surface area contributed by atoms with Gasteiger partial charge in [-0.15, -0.1) is 0 Å². The topological polar surface area (TPSA) is 62.5 Å². The van der Waals surface area contributed by atoms with Crippen LogP contribution in [0.5, 0.6) is 0 Å². The molecule has 0 unspecified atom stereocenters. The monoisotopic (exact) mass is 406 g/mol. The number of benzene rings is 1. The van der Waals surface area contributed by atoms with Crippen LogP contribution in [-0.2, 0) is 19.3 Å². The Balaban J connectivity index is 1.44. The molecule has 1 aliphatic heterocycles. The van der Waals surface area contributed by atoms with Crippen molar-refractivity contribution in [2.45, 2.75) is 71.3 Å². The highest BCUT2D eigenvalue weighted by atomic mass is 16.3. The van der Waals surface area contributed by atoms with E-state index in [9.17, 15) is 5.11 Å². The van der Waals surface area contributed by atoms with Crippen molar-refractivity contribution in [1.29, 1.82) is 0 Å². The van der Waals surface area contributed by atoms with E-state index in [2.05, 4.69) is 49.5 Å². The van der Waals surface area contributed by atoms with Crippen molar-refractivity contribution in [2.75, 3.05) is 13.1 Å². The molecule has 1 aliphatic rings. The minimum Gasteiger partial charge on any atom is -0.390 e. The van der Waals surface area contributed by atoms with Gasteiger partial charge in [0.05, 0.1) is 11.3 Å². The van der Waals surface area contributed by atoms with Crippen molar-refractivity contribution >= 4 is 5.65 Å². The molecule has 0 aliphatic carbocycles. The molecule has 2 N–H and O–H groups in total. The molecule has 0 spiro atoms. The van der Waals surface area contributed by atoms with Gasteiger partial charge in [-0.1, -0.05) is 31.2 Å². The predicted molar refractivity (Wildman–Crippen MR) is 121 cm³/mol. The first-order valence-corrected chi connectivity index (χ1v) is 11.3. The normalized spacial score (nSPS) is 16.3. The van der Waals surface area contributed by atoms with E-state index in [1.165, 1.54) is 16.7 Å². The summed E-state index contributed by atoms with van der Waals surface area (Å²) < 4.78 is 1.99. The molecule has 0 amide bonds. The van der Waals surface area contributed by atoms with E-state index in [-0.39, 0.29) is 0 Å². The Labute approximate surface area is 179 Å². The summed E-state index contributed by atoms with van der Waals surface area (Å²) in [5.41, 5.74) is 7.70. The molecule has 5 nitrogen and oxygen atoms in total. The Morgan fingerprint density at radius 3 is 2.50 bits per heavy atom. The number of aromatic nitrogens is 3. The van der Waals surface area contributed by atoms with Crippen LogP contribution in [0.4, 0.5) is 0 Å². The molecule has 4 rings (SSSR count). The van der Waals surface area contributed by atoms with Crippen LogP contribution in [0.3, 0.4) is 0 Å². The number of aryl methyl sites for hydroxylation is 4. The van der Waals surface area contributed by atoms with Gasteiger partial charge < -0.3 is 10.4 Å². The predicted octanol–water partition coefficient (Wildman–Crippen LogP) is 3.94. The van der Waals surface area contributed by atoms with Gasteiger partial charge in [-0.25, -0.2) is 9.50 Å². The molecule has 0 radical (unpaired) electrons. The van der Waals surface area contributed by atoms with Gasteiger partial charge in [0.25, 0.3) is 0 Å². The molecule has 30 heavy (non-hydrogen) atoms. The lowest BCUT2D eigenvalue weighted by Crippen LogP contribution is -2.41. The molecular weight excluding hydrogens is 372 g/mol. The van der Waals surface area contributed by atoms with Crippen LogP contribution in [0.25, 0.3) is 5.65 Å². The molecule has 1 saturated heterocycles. The number of aliphatic hydroxyl groups is 1. The van der Waals surface area contributed by atoms with E-state index < -0.39 is 5.60 Å². The minimum absolute atomic E-state index is 0.464. The third kappa shape index (κ3) is 4.57. The second-order valence-corrected chi connectivity index (χ2v) is 8.87. The van der Waals surface area contributed by atoms with Crippen LogP contribution in [0.1, 0.15) is 66.4 Å². The van der Waals surface area contributed by atoms with Crippen molar-refractivity contribution in [3.8, 4) is 0 Å². The van der Waals surface area contributed by atoms with Crippen LogP contribution >= 0.6 is 0 Å². The van der Waals surface area contributed by atoms with Crippen molar-refractivity contribution < 1.29 is 5.11 Å². The number of nitrogens with one attached hydrogen (secondary N) is 1. The molecule has 1 fully saturated rings. The number of fused-ring (bicyclic) bond motifs is 1. The van der Waals surface area contributed by atoms with Gasteiger partial charge in [0.15, 0.2) is 5.65 Å². The zero-order chi connectivity index (χ0) is 21.1. The Hall–Kier alpha value is -2.24. The summed E-state index contributed by atoms with van der Waals surface area (Å²) in [6, 6.07) is 11.0. The number of hydrogen-bond acceptors (Lipinski definition) is 4. The van der Waals surface area contributed by atoms with Gasteiger partial charge in [-0.3, -0.25) is 0 Å². The lowest BCUT2D eigenvalue weighted by atomic mass is 9.86. The summed E-state index contributed by atoms with van der Waals surface area (Å²) in [6.45, 7) is 8.16. The molecule has 0 saturated carbocycles. The fourth-order valence-corrected chi connectivity index (χ4v) is 4.67. The first kappa shape index (κ1) is 21.0. The lowest BCUT2D eigenvalue weighted by molar-refractivity contribution is 0.000920. The summed E-state index contributed by atoms with van der Waals surface area (Å²) >= 11 is 0. The number of rotatable bonds is 7. The van der Waals surface area contributed by atoms with Crippen LogP contribution in [0, 0.1) is 13.8 Å². The Morgan fingerprint density at radius 1 is 1.10 bits per heavy atom. The highest BCUT2D eigenvalue weighted by molar-refractivity contribution is 5.53. The standard InChI is InChI=1S/C25H34N4O/c1-4-23-22(24-27-18(2)16-19(3)29(24)28-23)17-21-9-7-20(8-10-21)6-5-11-25(30)12-14-26-15-13-25/h7-10,16,26,30H,4-6,11-15,17H2,1-3H3. The molecule has 1 aromatic carbocycles. The Kier molecular flexibility index (Phi) is 6.21. The quantitative estimate of drug-likeness (QED) is 0.624. The molecule has 0 bridgehead atoms. The summed E-state index contributed by atoms with van der Waals surface area (Å²) in [7, 11) is 0. The second-order valence-electron chi connectivity index (χ2n) is 8.87. The van der Waals surface area contributed by atoms with E-state index in [4.69, 9.17) is 10.1 Å². The van der Waals surface area contributed by atoms with Crippen LogP contribution in [-0.4, -0.2) is 38.4 Å². The highest BCUT2D eigenvalue weighted by Gasteiger charge is 2.28. The maximum atomic E-state index is 10.7. The number of hydrogen-bond donors (Lipinski definition) is 2. The van der Waals surface area contributed by atoms with E-state index in [0.717, 1.165) is 80.8 Å². The van der Waals surface area contributed by atoms with Crippen molar-refractivity contribution in [1.82, 2.24) is 19.9 Å². The van der Waals surface area contributed by atoms with Crippen molar-refractivity contribution in [3.05, 3.63) is 64.1 Å². The second kappa shape index (κ2) is 8.86. The van der Waals surface area contributed by atoms with Crippen molar-refractivity contribution in [3.63, 3.8) is 0 Å². The lowest BCUT2D eigenvalue weighted by Gasteiger charge is -2.32. The maximum Gasteiger partial charge on any atom is 0.159 e. The summed E-state index contributed by atoms with van der Waals surface area (Å²) in [4.78, 5) is 4.78. The number of piperidine rings is 1. The molecule has 5 heteroatoms. The fourth-order valence-electron chi connectivity index (χ4n) is 4.67. The van der Waals surface area contributed by atoms with Crippen LogP contribution in [0.15, 0.2) is 30.3 Å². The molecule has 2 aromatic heterocycles. The fraction of sp³-hybridized carbons (Fsp3) is 0.520. The molecule has 3 aromatic rings. The van der Waals surface area contributed by atoms with Crippen LogP contribution in [0.2, 0.25) is 0 Å². The maximum absolute atomic E-state index is 10.7. The smallest absolute Gasteiger partial charge is 0.159 e. The summed E-state index contributed by atoms with van der Waals surface area (Å²) in [5, 5.41) is 18.8. The highest BCUT2D eigenvalue weighted by Crippen LogP contribution is 2.25. The van der Waals surface area contributed by atoms with Gasteiger partial charge >= 0.3 is 0 Å². The number of nitrogens with zero attached hydrogens (tertiary/aromatic N) is 3. The third-order valence-electron chi connectivity index (χ3n) is 6.45. The minimum atomic E-state index is -0.464. The van der Waals surface area contributed by atoms with Crippen molar-refractivity contribution in [2.24, 2.45) is 0 Å². The molecule has 0 atom stereocenters. The summed E-state index contributed by atoms with van der Waals surface area (Å²) in [6.07, 6.45) is 6.46. The van der Waals surface area contributed by atoms with E-state index in [0.29, 0.717) is 0 Å². The van der Waals surface area contributed by atoms with Gasteiger partial charge in [0.1, 0.15) is 0 Å². The Bertz CT molecular complexity index is 1000. The van der Waals surface area contributed by atoms with E-state index in [1.807, 2.05) is 11.4 Å². The summed E-state index contributed by atoms with van der Waals surface area (Å²) in [5.74, 6) is 0. The average molecular weight is 407 g/mol. The van der Waals surface area contributed by atoms with Gasteiger partial charge in [-0.05, 0) is 82.7 Å². The molecular formula is C25H34N4O. The first-order chi connectivity index (χ1) is 14.5. The average Bonchev–Trinajstić information content (AvgIpc) is 3.07. The third-order valence-corrected chi connectivity index (χ3v) is 6.45.